The van der Waals surface area contributed by atoms with Gasteiger partial charge in [0, 0.05) is 13.1 Å². The Morgan fingerprint density at radius 2 is 1.91 bits per heavy atom. The number of hydrogen-bond acceptors (Lipinski definition) is 1. The van der Waals surface area contributed by atoms with Gasteiger partial charge < -0.3 is 5.11 Å². The Labute approximate surface area is 66.9 Å². The van der Waals surface area contributed by atoms with Crippen LogP contribution in [0.3, 0.4) is 0 Å². The minimum absolute atomic E-state index is 0.146. The molecule has 0 saturated heterocycles. The van der Waals surface area contributed by atoms with Crippen LogP contribution in [-0.2, 0) is 6.54 Å². The van der Waals surface area contributed by atoms with Gasteiger partial charge in [-0.05, 0) is 5.56 Å². The predicted octanol–water partition coefficient (Wildman–Crippen LogP) is 0.783. The van der Waals surface area contributed by atoms with E-state index in [0.29, 0.717) is 13.1 Å². The second-order valence-corrected chi connectivity index (χ2v) is 2.31. The second-order valence-electron chi connectivity index (χ2n) is 2.31. The molecule has 0 heterocycles. The van der Waals surface area contributed by atoms with Gasteiger partial charge in [-0.1, -0.05) is 30.3 Å². The molecular formula is C9H12NO. The molecule has 1 radical (unpaired) electrons. The summed E-state index contributed by atoms with van der Waals surface area (Å²) in [4.78, 5) is 0. The van der Waals surface area contributed by atoms with Crippen molar-refractivity contribution >= 4 is 0 Å². The van der Waals surface area contributed by atoms with E-state index < -0.39 is 0 Å². The number of benzene rings is 1. The van der Waals surface area contributed by atoms with E-state index in [1.165, 1.54) is 5.56 Å². The number of rotatable bonds is 4. The third-order valence-corrected chi connectivity index (χ3v) is 1.40. The average molecular weight is 150 g/mol. The van der Waals surface area contributed by atoms with Gasteiger partial charge in [-0.2, -0.15) is 0 Å². The molecule has 0 saturated carbocycles. The van der Waals surface area contributed by atoms with Crippen LogP contribution in [0.4, 0.5) is 0 Å². The minimum Gasteiger partial charge on any atom is -0.395 e. The Bertz CT molecular complexity index is 186. The minimum atomic E-state index is 0.146. The van der Waals surface area contributed by atoms with E-state index in [0.717, 1.165) is 0 Å². The van der Waals surface area contributed by atoms with Gasteiger partial charge in [-0.15, -0.1) is 0 Å². The first-order valence-corrected chi connectivity index (χ1v) is 3.71. The molecule has 1 rings (SSSR count). The first-order chi connectivity index (χ1) is 5.43. The molecule has 0 aliphatic heterocycles. The number of aliphatic hydroxyl groups is 1. The highest BCUT2D eigenvalue weighted by Crippen LogP contribution is 1.96. The fraction of sp³-hybridized carbons (Fsp3) is 0.333. The molecule has 0 bridgehead atoms. The summed E-state index contributed by atoms with van der Waals surface area (Å²) in [6, 6.07) is 10.0. The van der Waals surface area contributed by atoms with Crippen LogP contribution in [0.25, 0.3) is 0 Å². The van der Waals surface area contributed by atoms with Gasteiger partial charge in [0.25, 0.3) is 0 Å². The summed E-state index contributed by atoms with van der Waals surface area (Å²) in [6.45, 7) is 1.39. The van der Waals surface area contributed by atoms with Gasteiger partial charge in [-0.3, -0.25) is 0 Å². The summed E-state index contributed by atoms with van der Waals surface area (Å²) in [7, 11) is 0. The largest absolute Gasteiger partial charge is 0.395 e. The monoisotopic (exact) mass is 150 g/mol. The number of aliphatic hydroxyl groups excluding tert-OH is 1. The fourth-order valence-electron chi connectivity index (χ4n) is 0.862. The van der Waals surface area contributed by atoms with Crippen molar-refractivity contribution in [2.75, 3.05) is 13.2 Å². The highest BCUT2D eigenvalue weighted by atomic mass is 16.3. The molecule has 1 N–H and O–H groups in total. The van der Waals surface area contributed by atoms with Crippen LogP contribution in [0, 0.1) is 0 Å². The third-order valence-electron chi connectivity index (χ3n) is 1.40. The van der Waals surface area contributed by atoms with Crippen molar-refractivity contribution in [3.05, 3.63) is 35.9 Å². The maximum atomic E-state index is 8.45. The molecule has 0 aliphatic carbocycles. The summed E-state index contributed by atoms with van der Waals surface area (Å²) in [5, 5.41) is 12.6. The van der Waals surface area contributed by atoms with Crippen LogP contribution >= 0.6 is 0 Å². The maximum absolute atomic E-state index is 8.45. The first-order valence-electron chi connectivity index (χ1n) is 3.71. The molecular weight excluding hydrogens is 138 g/mol. The van der Waals surface area contributed by atoms with Crippen molar-refractivity contribution in [1.29, 1.82) is 0 Å². The van der Waals surface area contributed by atoms with Crippen LogP contribution in [0.2, 0.25) is 0 Å². The van der Waals surface area contributed by atoms with Crippen LogP contribution in [0.5, 0.6) is 0 Å². The smallest absolute Gasteiger partial charge is 0.0572 e. The van der Waals surface area contributed by atoms with E-state index in [-0.39, 0.29) is 6.61 Å². The second kappa shape index (κ2) is 4.88. The zero-order chi connectivity index (χ0) is 7.94. The zero-order valence-corrected chi connectivity index (χ0v) is 6.40. The van der Waals surface area contributed by atoms with Crippen LogP contribution < -0.4 is 5.32 Å². The van der Waals surface area contributed by atoms with E-state index in [9.17, 15) is 0 Å². The highest BCUT2D eigenvalue weighted by Gasteiger charge is 1.89. The molecule has 0 aromatic heterocycles. The average Bonchev–Trinajstić information content (AvgIpc) is 2.07. The number of hydrogen-bond donors (Lipinski definition) is 1. The summed E-state index contributed by atoms with van der Waals surface area (Å²) in [5.74, 6) is 0. The predicted molar refractivity (Wildman–Crippen MR) is 44.2 cm³/mol. The molecule has 2 nitrogen and oxygen atoms in total. The molecule has 1 aromatic rings. The van der Waals surface area contributed by atoms with Crippen molar-refractivity contribution in [2.45, 2.75) is 6.54 Å². The molecule has 59 valence electrons. The Hall–Kier alpha value is -0.860. The lowest BCUT2D eigenvalue weighted by atomic mass is 10.2. The summed E-state index contributed by atoms with van der Waals surface area (Å²) < 4.78 is 0. The van der Waals surface area contributed by atoms with Crippen molar-refractivity contribution in [3.63, 3.8) is 0 Å². The highest BCUT2D eigenvalue weighted by molar-refractivity contribution is 5.14. The number of nitrogens with zero attached hydrogens (tertiary/aromatic N) is 1. The Balaban J connectivity index is 2.28. The van der Waals surface area contributed by atoms with Crippen LogP contribution in [0.1, 0.15) is 5.56 Å². The Morgan fingerprint density at radius 1 is 1.18 bits per heavy atom. The lowest BCUT2D eigenvalue weighted by molar-refractivity contribution is 0.290. The van der Waals surface area contributed by atoms with E-state index in [1.807, 2.05) is 30.3 Å². The van der Waals surface area contributed by atoms with Crippen LogP contribution in [-0.4, -0.2) is 18.3 Å². The van der Waals surface area contributed by atoms with E-state index in [2.05, 4.69) is 5.32 Å². The molecule has 0 fully saturated rings. The van der Waals surface area contributed by atoms with Gasteiger partial charge in [0.2, 0.25) is 0 Å². The molecule has 0 aliphatic rings. The lowest BCUT2D eigenvalue weighted by Crippen LogP contribution is -2.09. The topological polar surface area (TPSA) is 34.3 Å². The molecule has 2 heteroatoms. The van der Waals surface area contributed by atoms with Gasteiger partial charge in [0.05, 0.1) is 6.61 Å². The normalized spacial score (nSPS) is 9.91. The molecule has 0 unspecified atom stereocenters. The summed E-state index contributed by atoms with van der Waals surface area (Å²) >= 11 is 0. The van der Waals surface area contributed by atoms with Gasteiger partial charge in [0.15, 0.2) is 0 Å². The molecule has 11 heavy (non-hydrogen) atoms. The lowest BCUT2D eigenvalue weighted by Gasteiger charge is -1.98. The van der Waals surface area contributed by atoms with Gasteiger partial charge in [0.1, 0.15) is 0 Å². The van der Waals surface area contributed by atoms with Gasteiger partial charge >= 0.3 is 0 Å². The molecule has 0 atom stereocenters. The third kappa shape index (κ3) is 3.16. The van der Waals surface area contributed by atoms with E-state index >= 15 is 0 Å². The van der Waals surface area contributed by atoms with Gasteiger partial charge in [-0.25, -0.2) is 5.32 Å². The summed E-state index contributed by atoms with van der Waals surface area (Å²) in [6.07, 6.45) is 0. The van der Waals surface area contributed by atoms with Crippen molar-refractivity contribution in [1.82, 2.24) is 5.32 Å². The Morgan fingerprint density at radius 3 is 2.55 bits per heavy atom. The van der Waals surface area contributed by atoms with Crippen LogP contribution in [0.15, 0.2) is 30.3 Å². The van der Waals surface area contributed by atoms with Crippen molar-refractivity contribution in [3.8, 4) is 0 Å². The standard InChI is InChI=1S/C9H12NO/c11-7-6-10-8-9-4-2-1-3-5-9/h1-5,11H,6-8H2. The SMILES string of the molecule is OCC[N]Cc1ccccc1. The fourth-order valence-corrected chi connectivity index (χ4v) is 0.862. The van der Waals surface area contributed by atoms with Crippen molar-refractivity contribution in [2.24, 2.45) is 0 Å². The summed E-state index contributed by atoms with van der Waals surface area (Å²) in [5.41, 5.74) is 1.20. The molecule has 1 aromatic carbocycles. The first kappa shape index (κ1) is 8.24. The van der Waals surface area contributed by atoms with E-state index in [4.69, 9.17) is 5.11 Å². The van der Waals surface area contributed by atoms with Crippen molar-refractivity contribution < 1.29 is 5.11 Å². The quantitative estimate of drug-likeness (QED) is 0.632. The van der Waals surface area contributed by atoms with E-state index in [1.54, 1.807) is 0 Å². The maximum Gasteiger partial charge on any atom is 0.0572 e. The zero-order valence-electron chi connectivity index (χ0n) is 6.40. The molecule has 0 spiro atoms. The molecule has 0 amide bonds. The Kier molecular flexibility index (Phi) is 3.65.